The zero-order valence-corrected chi connectivity index (χ0v) is 7.42. The third-order valence-corrected chi connectivity index (χ3v) is 3.02. The van der Waals surface area contributed by atoms with Crippen LogP contribution in [0.4, 0.5) is 0 Å². The molecule has 2 atom stereocenters. The molecule has 1 aliphatic carbocycles. The molecular weight excluding hydrogens is 134 g/mol. The Morgan fingerprint density at radius 2 is 2.00 bits per heavy atom. The van der Waals surface area contributed by atoms with Crippen molar-refractivity contribution < 1.29 is 0 Å². The fourth-order valence-electron chi connectivity index (χ4n) is 2.01. The van der Waals surface area contributed by atoms with E-state index in [9.17, 15) is 0 Å². The third-order valence-electron chi connectivity index (χ3n) is 3.02. The highest BCUT2D eigenvalue weighted by atomic mass is 14.6. The minimum Gasteiger partial charge on any atom is -0.324 e. The predicted molar refractivity (Wildman–Crippen MR) is 49.3 cm³/mol. The summed E-state index contributed by atoms with van der Waals surface area (Å²) in [6, 6.07) is 0.207. The van der Waals surface area contributed by atoms with Crippen LogP contribution >= 0.6 is 0 Å². The van der Waals surface area contributed by atoms with Crippen LogP contribution in [0.5, 0.6) is 0 Å². The molecule has 0 saturated heterocycles. The lowest BCUT2D eigenvalue weighted by molar-refractivity contribution is 0.338. The van der Waals surface area contributed by atoms with E-state index >= 15 is 0 Å². The van der Waals surface area contributed by atoms with Gasteiger partial charge >= 0.3 is 0 Å². The van der Waals surface area contributed by atoms with Crippen LogP contribution in [-0.2, 0) is 0 Å². The van der Waals surface area contributed by atoms with Crippen molar-refractivity contribution in [2.24, 2.45) is 17.6 Å². The topological polar surface area (TPSA) is 26.0 Å². The Kier molecular flexibility index (Phi) is 3.13. The van der Waals surface area contributed by atoms with Crippen molar-refractivity contribution in [3.05, 3.63) is 12.7 Å². The van der Waals surface area contributed by atoms with Gasteiger partial charge in [-0.05, 0) is 11.8 Å². The van der Waals surface area contributed by atoms with Gasteiger partial charge in [0.25, 0.3) is 0 Å². The van der Waals surface area contributed by atoms with E-state index in [1.807, 2.05) is 6.08 Å². The molecule has 0 aliphatic heterocycles. The monoisotopic (exact) mass is 153 g/mol. The van der Waals surface area contributed by atoms with Crippen molar-refractivity contribution >= 4 is 0 Å². The second-order valence-corrected chi connectivity index (χ2v) is 3.72. The van der Waals surface area contributed by atoms with E-state index in [1.54, 1.807) is 0 Å². The maximum Gasteiger partial charge on any atom is 0.0249 e. The van der Waals surface area contributed by atoms with Gasteiger partial charge in [-0.1, -0.05) is 38.7 Å². The quantitative estimate of drug-likeness (QED) is 0.619. The van der Waals surface area contributed by atoms with Crippen molar-refractivity contribution in [1.82, 2.24) is 0 Å². The second-order valence-electron chi connectivity index (χ2n) is 3.72. The second kappa shape index (κ2) is 3.91. The fourth-order valence-corrected chi connectivity index (χ4v) is 2.01. The van der Waals surface area contributed by atoms with Crippen molar-refractivity contribution in [3.8, 4) is 0 Å². The van der Waals surface area contributed by atoms with E-state index in [0.29, 0.717) is 5.92 Å². The molecule has 0 spiro atoms. The first-order valence-corrected chi connectivity index (χ1v) is 4.64. The van der Waals surface area contributed by atoms with Gasteiger partial charge in [-0.3, -0.25) is 0 Å². The Balaban J connectivity index is 2.38. The fraction of sp³-hybridized carbons (Fsp3) is 0.800. The van der Waals surface area contributed by atoms with Gasteiger partial charge in [-0.15, -0.1) is 6.58 Å². The van der Waals surface area contributed by atoms with Crippen LogP contribution in [0.3, 0.4) is 0 Å². The van der Waals surface area contributed by atoms with Crippen LogP contribution in [0.1, 0.15) is 32.6 Å². The van der Waals surface area contributed by atoms with E-state index < -0.39 is 0 Å². The SMILES string of the molecule is C=CC(N)C(C)C1CCCC1. The number of rotatable bonds is 3. The molecule has 1 nitrogen and oxygen atoms in total. The average molecular weight is 153 g/mol. The standard InChI is InChI=1S/C10H19N/c1-3-10(11)8(2)9-6-4-5-7-9/h3,8-10H,1,4-7,11H2,2H3. The van der Waals surface area contributed by atoms with E-state index in [2.05, 4.69) is 13.5 Å². The molecule has 1 fully saturated rings. The summed E-state index contributed by atoms with van der Waals surface area (Å²) in [7, 11) is 0. The minimum absolute atomic E-state index is 0.207. The maximum absolute atomic E-state index is 5.88. The highest BCUT2D eigenvalue weighted by Crippen LogP contribution is 2.32. The predicted octanol–water partition coefficient (Wildman–Crippen LogP) is 2.33. The summed E-state index contributed by atoms with van der Waals surface area (Å²) >= 11 is 0. The Hall–Kier alpha value is -0.300. The van der Waals surface area contributed by atoms with E-state index in [1.165, 1.54) is 25.7 Å². The molecule has 1 heteroatoms. The Labute approximate surface area is 69.7 Å². The van der Waals surface area contributed by atoms with Crippen LogP contribution < -0.4 is 5.73 Å². The highest BCUT2D eigenvalue weighted by molar-refractivity contribution is 4.90. The van der Waals surface area contributed by atoms with E-state index in [-0.39, 0.29) is 6.04 Å². The van der Waals surface area contributed by atoms with Crippen molar-refractivity contribution in [1.29, 1.82) is 0 Å². The highest BCUT2D eigenvalue weighted by Gasteiger charge is 2.24. The lowest BCUT2D eigenvalue weighted by Crippen LogP contribution is -2.30. The van der Waals surface area contributed by atoms with E-state index in [4.69, 9.17) is 5.73 Å². The van der Waals surface area contributed by atoms with Gasteiger partial charge < -0.3 is 5.73 Å². The molecule has 1 rings (SSSR count). The molecule has 0 radical (unpaired) electrons. The Morgan fingerprint density at radius 3 is 2.45 bits per heavy atom. The number of hydrogen-bond acceptors (Lipinski definition) is 1. The normalized spacial score (nSPS) is 24.9. The molecule has 1 aliphatic rings. The summed E-state index contributed by atoms with van der Waals surface area (Å²) in [4.78, 5) is 0. The molecule has 11 heavy (non-hydrogen) atoms. The summed E-state index contributed by atoms with van der Waals surface area (Å²) in [5.41, 5.74) is 5.88. The van der Waals surface area contributed by atoms with Crippen LogP contribution in [0.15, 0.2) is 12.7 Å². The molecule has 0 bridgehead atoms. The molecule has 0 heterocycles. The molecule has 64 valence electrons. The van der Waals surface area contributed by atoms with Gasteiger partial charge in [0.05, 0.1) is 0 Å². The summed E-state index contributed by atoms with van der Waals surface area (Å²) < 4.78 is 0. The number of hydrogen-bond donors (Lipinski definition) is 1. The van der Waals surface area contributed by atoms with Gasteiger partial charge in [0.15, 0.2) is 0 Å². The van der Waals surface area contributed by atoms with Gasteiger partial charge in [-0.2, -0.15) is 0 Å². The van der Waals surface area contributed by atoms with Crippen molar-refractivity contribution in [2.75, 3.05) is 0 Å². The van der Waals surface area contributed by atoms with E-state index in [0.717, 1.165) is 5.92 Å². The largest absolute Gasteiger partial charge is 0.324 e. The summed E-state index contributed by atoms with van der Waals surface area (Å²) in [6.07, 6.45) is 7.44. The van der Waals surface area contributed by atoms with Crippen molar-refractivity contribution in [2.45, 2.75) is 38.6 Å². The zero-order valence-electron chi connectivity index (χ0n) is 7.42. The smallest absolute Gasteiger partial charge is 0.0249 e. The van der Waals surface area contributed by atoms with Gasteiger partial charge in [0.2, 0.25) is 0 Å². The lowest BCUT2D eigenvalue weighted by atomic mass is 9.87. The average Bonchev–Trinajstić information content (AvgIpc) is 2.53. The zero-order chi connectivity index (χ0) is 8.27. The number of nitrogens with two attached hydrogens (primary N) is 1. The third kappa shape index (κ3) is 2.06. The van der Waals surface area contributed by atoms with Crippen LogP contribution in [-0.4, -0.2) is 6.04 Å². The lowest BCUT2D eigenvalue weighted by Gasteiger charge is -2.22. The maximum atomic E-state index is 5.88. The van der Waals surface area contributed by atoms with Gasteiger partial charge in [0.1, 0.15) is 0 Å². The summed E-state index contributed by atoms with van der Waals surface area (Å²) in [5, 5.41) is 0. The summed E-state index contributed by atoms with van der Waals surface area (Å²) in [6.45, 7) is 5.98. The van der Waals surface area contributed by atoms with Crippen molar-refractivity contribution in [3.63, 3.8) is 0 Å². The first kappa shape index (κ1) is 8.79. The Morgan fingerprint density at radius 1 is 1.45 bits per heavy atom. The molecule has 2 N–H and O–H groups in total. The van der Waals surface area contributed by atoms with Gasteiger partial charge in [0, 0.05) is 6.04 Å². The molecule has 2 unspecified atom stereocenters. The molecule has 0 aromatic heterocycles. The molecule has 0 aromatic carbocycles. The molecule has 0 aromatic rings. The van der Waals surface area contributed by atoms with Crippen LogP contribution in [0, 0.1) is 11.8 Å². The van der Waals surface area contributed by atoms with Crippen LogP contribution in [0.25, 0.3) is 0 Å². The molecule has 0 amide bonds. The molecular formula is C10H19N. The Bertz CT molecular complexity index is 125. The van der Waals surface area contributed by atoms with Gasteiger partial charge in [-0.25, -0.2) is 0 Å². The van der Waals surface area contributed by atoms with Crippen LogP contribution in [0.2, 0.25) is 0 Å². The summed E-state index contributed by atoms with van der Waals surface area (Å²) in [5.74, 6) is 1.50. The first-order valence-electron chi connectivity index (χ1n) is 4.64. The first-order chi connectivity index (χ1) is 5.25. The minimum atomic E-state index is 0.207. The molecule has 1 saturated carbocycles.